The number of methoxy groups -OCH3 is 1. The van der Waals surface area contributed by atoms with E-state index < -0.39 is 0 Å². The Morgan fingerprint density at radius 1 is 1.17 bits per heavy atom. The molecule has 3 aromatic rings. The number of hydrogen-bond acceptors (Lipinski definition) is 5. The van der Waals surface area contributed by atoms with Crippen molar-refractivity contribution in [1.82, 2.24) is 9.55 Å². The van der Waals surface area contributed by atoms with Crippen molar-refractivity contribution in [3.05, 3.63) is 62.9 Å². The molecule has 2 aromatic carbocycles. The van der Waals surface area contributed by atoms with Gasteiger partial charge in [0.25, 0.3) is 5.56 Å². The molecule has 0 atom stereocenters. The van der Waals surface area contributed by atoms with E-state index in [9.17, 15) is 9.59 Å². The van der Waals surface area contributed by atoms with E-state index >= 15 is 0 Å². The second-order valence-electron chi connectivity index (χ2n) is 6.20. The number of anilines is 1. The van der Waals surface area contributed by atoms with Crippen molar-refractivity contribution in [1.29, 1.82) is 0 Å². The van der Waals surface area contributed by atoms with Gasteiger partial charge in [-0.3, -0.25) is 14.2 Å². The first-order chi connectivity index (χ1) is 14.0. The number of amides is 1. The summed E-state index contributed by atoms with van der Waals surface area (Å²) in [6, 6.07) is 11.8. The second-order valence-corrected chi connectivity index (χ2v) is 8.02. The Morgan fingerprint density at radius 3 is 2.62 bits per heavy atom. The lowest BCUT2D eigenvalue weighted by atomic mass is 10.2. The standard InChI is InChI=1S/C20H19Cl2N3O3S/c1-28-10-2-9-25-19(27)16-8-5-14(22)11-17(16)24-20(25)29-12-18(26)23-15-6-3-13(21)4-7-15/h3-8,11H,2,9-10,12H2,1H3,(H,23,26). The van der Waals surface area contributed by atoms with Crippen molar-refractivity contribution in [3.63, 3.8) is 0 Å². The van der Waals surface area contributed by atoms with E-state index in [0.717, 1.165) is 0 Å². The van der Waals surface area contributed by atoms with Crippen LogP contribution in [0.1, 0.15) is 6.42 Å². The van der Waals surface area contributed by atoms with Crippen molar-refractivity contribution in [2.75, 3.05) is 24.8 Å². The van der Waals surface area contributed by atoms with Crippen molar-refractivity contribution in [3.8, 4) is 0 Å². The highest BCUT2D eigenvalue weighted by molar-refractivity contribution is 7.99. The number of hydrogen-bond donors (Lipinski definition) is 1. The van der Waals surface area contributed by atoms with Gasteiger partial charge in [0.15, 0.2) is 5.16 Å². The molecule has 0 saturated carbocycles. The number of aromatic nitrogens is 2. The Balaban J connectivity index is 1.81. The molecule has 0 radical (unpaired) electrons. The van der Waals surface area contributed by atoms with Crippen LogP contribution in [0.5, 0.6) is 0 Å². The second kappa shape index (κ2) is 10.1. The molecule has 0 fully saturated rings. The molecular formula is C20H19Cl2N3O3S. The summed E-state index contributed by atoms with van der Waals surface area (Å²) in [5.74, 6) is -0.105. The van der Waals surface area contributed by atoms with Gasteiger partial charge in [-0.15, -0.1) is 0 Å². The number of nitrogens with one attached hydrogen (secondary N) is 1. The molecule has 9 heteroatoms. The molecule has 6 nitrogen and oxygen atoms in total. The van der Waals surface area contributed by atoms with Gasteiger partial charge in [-0.25, -0.2) is 4.98 Å². The number of halogens is 2. The van der Waals surface area contributed by atoms with Crippen LogP contribution in [0.2, 0.25) is 10.0 Å². The van der Waals surface area contributed by atoms with Gasteiger partial charge in [-0.2, -0.15) is 0 Å². The topological polar surface area (TPSA) is 73.2 Å². The summed E-state index contributed by atoms with van der Waals surface area (Å²) in [5, 5.41) is 4.84. The number of ether oxygens (including phenoxy) is 1. The van der Waals surface area contributed by atoms with Crippen LogP contribution in [0.4, 0.5) is 5.69 Å². The molecule has 0 aliphatic carbocycles. The highest BCUT2D eigenvalue weighted by Gasteiger charge is 2.14. The Morgan fingerprint density at radius 2 is 1.90 bits per heavy atom. The fraction of sp³-hybridized carbons (Fsp3) is 0.250. The number of benzene rings is 2. The summed E-state index contributed by atoms with van der Waals surface area (Å²) in [7, 11) is 1.61. The van der Waals surface area contributed by atoms with Gasteiger partial charge in [0.05, 0.1) is 16.7 Å². The molecule has 152 valence electrons. The first-order valence-electron chi connectivity index (χ1n) is 8.85. The molecule has 3 rings (SSSR count). The van der Waals surface area contributed by atoms with E-state index in [-0.39, 0.29) is 17.2 Å². The summed E-state index contributed by atoms with van der Waals surface area (Å²) < 4.78 is 6.66. The van der Waals surface area contributed by atoms with E-state index in [2.05, 4.69) is 10.3 Å². The van der Waals surface area contributed by atoms with Gasteiger partial charge < -0.3 is 10.1 Å². The number of carbonyl (C=O) groups is 1. The van der Waals surface area contributed by atoms with Crippen molar-refractivity contribution in [2.24, 2.45) is 0 Å². The third-order valence-electron chi connectivity index (χ3n) is 4.07. The maximum atomic E-state index is 12.9. The van der Waals surface area contributed by atoms with E-state index in [0.29, 0.717) is 51.4 Å². The van der Waals surface area contributed by atoms with Crippen LogP contribution in [-0.2, 0) is 16.1 Å². The molecule has 29 heavy (non-hydrogen) atoms. The van der Waals surface area contributed by atoms with Crippen LogP contribution in [0.3, 0.4) is 0 Å². The maximum Gasteiger partial charge on any atom is 0.262 e. The van der Waals surface area contributed by atoms with Gasteiger partial charge in [-0.1, -0.05) is 35.0 Å². The predicted octanol–water partition coefficient (Wildman–Crippen LogP) is 4.47. The lowest BCUT2D eigenvalue weighted by Gasteiger charge is -2.13. The smallest absolute Gasteiger partial charge is 0.262 e. The summed E-state index contributed by atoms with van der Waals surface area (Å²) in [4.78, 5) is 29.8. The zero-order chi connectivity index (χ0) is 20.8. The average Bonchev–Trinajstić information content (AvgIpc) is 2.70. The van der Waals surface area contributed by atoms with E-state index in [1.807, 2.05) is 0 Å². The summed E-state index contributed by atoms with van der Waals surface area (Å²) in [6.45, 7) is 0.964. The van der Waals surface area contributed by atoms with Crippen molar-refractivity contribution in [2.45, 2.75) is 18.1 Å². The molecule has 0 bridgehead atoms. The molecule has 1 heterocycles. The number of fused-ring (bicyclic) bond motifs is 1. The molecule has 0 saturated heterocycles. The first kappa shape index (κ1) is 21.6. The van der Waals surface area contributed by atoms with E-state index in [1.54, 1.807) is 54.1 Å². The number of carbonyl (C=O) groups excluding carboxylic acids is 1. The van der Waals surface area contributed by atoms with Crippen LogP contribution < -0.4 is 10.9 Å². The highest BCUT2D eigenvalue weighted by Crippen LogP contribution is 2.21. The van der Waals surface area contributed by atoms with Gasteiger partial charge in [0.2, 0.25) is 5.91 Å². The Bertz CT molecular complexity index is 1070. The lowest BCUT2D eigenvalue weighted by Crippen LogP contribution is -2.25. The van der Waals surface area contributed by atoms with E-state index in [1.165, 1.54) is 11.8 Å². The summed E-state index contributed by atoms with van der Waals surface area (Å²) >= 11 is 13.1. The zero-order valence-electron chi connectivity index (χ0n) is 15.7. The highest BCUT2D eigenvalue weighted by atomic mass is 35.5. The minimum Gasteiger partial charge on any atom is -0.385 e. The van der Waals surface area contributed by atoms with Gasteiger partial charge in [0.1, 0.15) is 0 Å². The van der Waals surface area contributed by atoms with Crippen LogP contribution >= 0.6 is 35.0 Å². The van der Waals surface area contributed by atoms with Gasteiger partial charge >= 0.3 is 0 Å². The molecule has 1 N–H and O–H groups in total. The largest absolute Gasteiger partial charge is 0.385 e. The Kier molecular flexibility index (Phi) is 7.55. The third-order valence-corrected chi connectivity index (χ3v) is 5.54. The predicted molar refractivity (Wildman–Crippen MR) is 118 cm³/mol. The maximum absolute atomic E-state index is 12.9. The van der Waals surface area contributed by atoms with Crippen LogP contribution in [0, 0.1) is 0 Å². The van der Waals surface area contributed by atoms with Crippen molar-refractivity contribution < 1.29 is 9.53 Å². The first-order valence-corrected chi connectivity index (χ1v) is 10.6. The average molecular weight is 452 g/mol. The van der Waals surface area contributed by atoms with Crippen LogP contribution in [0.25, 0.3) is 10.9 Å². The molecule has 0 unspecified atom stereocenters. The Hall–Kier alpha value is -2.06. The number of rotatable bonds is 8. The SMILES string of the molecule is COCCCn1c(SCC(=O)Nc2ccc(Cl)cc2)nc2cc(Cl)ccc2c1=O. The number of thioether (sulfide) groups is 1. The number of nitrogens with zero attached hydrogens (tertiary/aromatic N) is 2. The zero-order valence-corrected chi connectivity index (χ0v) is 18.0. The lowest BCUT2D eigenvalue weighted by molar-refractivity contribution is -0.113. The van der Waals surface area contributed by atoms with Crippen molar-refractivity contribution >= 4 is 57.5 Å². The van der Waals surface area contributed by atoms with Crippen LogP contribution in [0.15, 0.2) is 52.4 Å². The fourth-order valence-corrected chi connectivity index (χ4v) is 3.83. The van der Waals surface area contributed by atoms with Gasteiger partial charge in [-0.05, 0) is 48.9 Å². The summed E-state index contributed by atoms with van der Waals surface area (Å²) in [5.41, 5.74) is 0.991. The monoisotopic (exact) mass is 451 g/mol. The normalized spacial score (nSPS) is 11.0. The minimum absolute atomic E-state index is 0.103. The Labute approximate surface area is 182 Å². The van der Waals surface area contributed by atoms with Gasteiger partial charge in [0, 0.05) is 36.0 Å². The fourth-order valence-electron chi connectivity index (χ4n) is 2.71. The quantitative estimate of drug-likeness (QED) is 0.310. The van der Waals surface area contributed by atoms with E-state index in [4.69, 9.17) is 27.9 Å². The minimum atomic E-state index is -0.207. The molecular weight excluding hydrogens is 433 g/mol. The molecule has 1 aromatic heterocycles. The molecule has 0 aliphatic heterocycles. The molecule has 0 spiro atoms. The van der Waals surface area contributed by atoms with Crippen LogP contribution in [-0.4, -0.2) is 34.9 Å². The summed E-state index contributed by atoms with van der Waals surface area (Å²) in [6.07, 6.45) is 0.654. The molecule has 0 aliphatic rings. The molecule has 1 amide bonds. The third kappa shape index (κ3) is 5.73.